The minimum Gasteiger partial charge on any atom is -0.394 e. The molecule has 4 heterocycles. The summed E-state index contributed by atoms with van der Waals surface area (Å²) in [5.41, 5.74) is 0.936. The van der Waals surface area contributed by atoms with Crippen LogP contribution in [0.1, 0.15) is 26.0 Å². The first-order valence-electron chi connectivity index (χ1n) is 8.82. The third-order valence-electron chi connectivity index (χ3n) is 5.01. The van der Waals surface area contributed by atoms with E-state index < -0.39 is 18.4 Å². The summed E-state index contributed by atoms with van der Waals surface area (Å²) in [7, 11) is 0. The van der Waals surface area contributed by atoms with Gasteiger partial charge in [-0.05, 0) is 18.0 Å². The molecule has 2 saturated heterocycles. The Balaban J connectivity index is 1.62. The van der Waals surface area contributed by atoms with Crippen LogP contribution in [0.2, 0.25) is 5.28 Å². The second-order valence-corrected chi connectivity index (χ2v) is 7.23. The summed E-state index contributed by atoms with van der Waals surface area (Å²) in [6.07, 6.45) is 0.716. The summed E-state index contributed by atoms with van der Waals surface area (Å²) in [5.74, 6) is 0.519. The molecular weight excluding hydrogens is 376 g/mol. The fourth-order valence-corrected chi connectivity index (χ4v) is 3.80. The van der Waals surface area contributed by atoms with Crippen LogP contribution in [0.15, 0.2) is 6.33 Å². The van der Waals surface area contributed by atoms with Gasteiger partial charge in [0.25, 0.3) is 0 Å². The van der Waals surface area contributed by atoms with Crippen LogP contribution < -0.4 is 5.32 Å². The van der Waals surface area contributed by atoms with E-state index in [1.165, 1.54) is 6.33 Å². The Hall–Kier alpha value is -2.01. The highest BCUT2D eigenvalue weighted by Crippen LogP contribution is 2.32. The SMILES string of the molecule is CC(=O)N1CCC(Nc2nc(Cl)nc3c2ncn3C2OC(CO)CC2O)C1. The predicted molar refractivity (Wildman–Crippen MR) is 96.2 cm³/mol. The van der Waals surface area contributed by atoms with Gasteiger partial charge in [-0.3, -0.25) is 9.36 Å². The van der Waals surface area contributed by atoms with Gasteiger partial charge in [0.15, 0.2) is 23.2 Å². The number of aliphatic hydroxyl groups excluding tert-OH is 2. The molecule has 0 aromatic carbocycles. The van der Waals surface area contributed by atoms with Gasteiger partial charge >= 0.3 is 0 Å². The normalized spacial score (nSPS) is 28.2. The lowest BCUT2D eigenvalue weighted by Gasteiger charge is -2.17. The number of imidazole rings is 1. The lowest BCUT2D eigenvalue weighted by Crippen LogP contribution is -2.29. The average molecular weight is 397 g/mol. The lowest BCUT2D eigenvalue weighted by molar-refractivity contribution is -0.127. The molecule has 0 aliphatic carbocycles. The molecule has 2 aromatic rings. The van der Waals surface area contributed by atoms with Crippen LogP contribution in [0.5, 0.6) is 0 Å². The standard InChI is InChI=1S/C16H21ClN6O4/c1-8(25)22-3-2-9(5-22)19-13-12-14(21-16(17)20-13)23(7-18-12)15-11(26)4-10(6-24)27-15/h7,9-11,15,24,26H,2-6H2,1H3,(H,19,20,21). The highest BCUT2D eigenvalue weighted by molar-refractivity contribution is 6.28. The zero-order chi connectivity index (χ0) is 19.1. The topological polar surface area (TPSA) is 126 Å². The molecule has 2 aliphatic heterocycles. The van der Waals surface area contributed by atoms with E-state index in [2.05, 4.69) is 20.3 Å². The Bertz CT molecular complexity index is 861. The molecule has 0 spiro atoms. The molecule has 10 nitrogen and oxygen atoms in total. The summed E-state index contributed by atoms with van der Waals surface area (Å²) in [6, 6.07) is 0.0420. The van der Waals surface area contributed by atoms with Crippen molar-refractivity contribution in [3.63, 3.8) is 0 Å². The summed E-state index contributed by atoms with van der Waals surface area (Å²) in [5, 5.41) is 22.9. The zero-order valence-corrected chi connectivity index (χ0v) is 15.5. The van der Waals surface area contributed by atoms with Crippen LogP contribution in [0.4, 0.5) is 5.82 Å². The maximum atomic E-state index is 11.5. The fourth-order valence-electron chi connectivity index (χ4n) is 3.63. The number of nitrogens with one attached hydrogen (secondary N) is 1. The second-order valence-electron chi connectivity index (χ2n) is 6.89. The molecule has 27 heavy (non-hydrogen) atoms. The van der Waals surface area contributed by atoms with Crippen molar-refractivity contribution in [2.75, 3.05) is 25.0 Å². The van der Waals surface area contributed by atoms with Crippen molar-refractivity contribution in [1.82, 2.24) is 24.4 Å². The van der Waals surface area contributed by atoms with Crippen molar-refractivity contribution in [3.8, 4) is 0 Å². The van der Waals surface area contributed by atoms with Crippen LogP contribution in [-0.2, 0) is 9.53 Å². The molecule has 4 rings (SSSR count). The Morgan fingerprint density at radius 3 is 2.96 bits per heavy atom. The van der Waals surface area contributed by atoms with E-state index >= 15 is 0 Å². The molecule has 3 N–H and O–H groups in total. The molecule has 4 atom stereocenters. The fraction of sp³-hybridized carbons (Fsp3) is 0.625. The maximum Gasteiger partial charge on any atom is 0.226 e. The first kappa shape index (κ1) is 18.4. The number of aliphatic hydroxyl groups is 2. The van der Waals surface area contributed by atoms with Crippen molar-refractivity contribution in [2.24, 2.45) is 0 Å². The molecule has 1 amide bonds. The number of aromatic nitrogens is 4. The summed E-state index contributed by atoms with van der Waals surface area (Å²) in [4.78, 5) is 26.1. The van der Waals surface area contributed by atoms with Crippen LogP contribution >= 0.6 is 11.6 Å². The molecule has 146 valence electrons. The number of fused-ring (bicyclic) bond motifs is 1. The number of amides is 1. The highest BCUT2D eigenvalue weighted by Gasteiger charge is 2.36. The number of anilines is 1. The van der Waals surface area contributed by atoms with Crippen LogP contribution in [0.3, 0.4) is 0 Å². The molecule has 2 fully saturated rings. The molecule has 0 bridgehead atoms. The van der Waals surface area contributed by atoms with E-state index in [4.69, 9.17) is 16.3 Å². The van der Waals surface area contributed by atoms with Crippen molar-refractivity contribution in [1.29, 1.82) is 0 Å². The van der Waals surface area contributed by atoms with Crippen LogP contribution in [0, 0.1) is 0 Å². The maximum absolute atomic E-state index is 11.5. The van der Waals surface area contributed by atoms with Gasteiger partial charge in [0.05, 0.1) is 19.0 Å². The summed E-state index contributed by atoms with van der Waals surface area (Å²) < 4.78 is 7.29. The van der Waals surface area contributed by atoms with Gasteiger partial charge in [0, 0.05) is 32.5 Å². The molecule has 2 aliphatic rings. The van der Waals surface area contributed by atoms with E-state index in [0.29, 0.717) is 36.5 Å². The number of likely N-dealkylation sites (tertiary alicyclic amines) is 1. The van der Waals surface area contributed by atoms with Crippen molar-refractivity contribution >= 4 is 34.5 Å². The van der Waals surface area contributed by atoms with Gasteiger partial charge in [-0.1, -0.05) is 0 Å². The first-order chi connectivity index (χ1) is 13.0. The van der Waals surface area contributed by atoms with Gasteiger partial charge in [-0.2, -0.15) is 9.97 Å². The van der Waals surface area contributed by atoms with E-state index in [1.807, 2.05) is 0 Å². The summed E-state index contributed by atoms with van der Waals surface area (Å²) in [6.45, 7) is 2.66. The van der Waals surface area contributed by atoms with Gasteiger partial charge in [-0.15, -0.1) is 0 Å². The van der Waals surface area contributed by atoms with Crippen LogP contribution in [-0.4, -0.2) is 78.5 Å². The van der Waals surface area contributed by atoms with E-state index in [0.717, 1.165) is 6.42 Å². The van der Waals surface area contributed by atoms with Gasteiger partial charge in [0.1, 0.15) is 6.10 Å². The predicted octanol–water partition coefficient (Wildman–Crippen LogP) is 0.153. The van der Waals surface area contributed by atoms with Crippen molar-refractivity contribution in [2.45, 2.75) is 44.2 Å². The Morgan fingerprint density at radius 2 is 2.30 bits per heavy atom. The van der Waals surface area contributed by atoms with Gasteiger partial charge in [-0.25, -0.2) is 4.98 Å². The largest absolute Gasteiger partial charge is 0.394 e. The lowest BCUT2D eigenvalue weighted by atomic mass is 10.2. The molecule has 0 radical (unpaired) electrons. The molecule has 4 unspecified atom stereocenters. The number of carbonyl (C=O) groups is 1. The minimum absolute atomic E-state index is 0.0411. The van der Waals surface area contributed by atoms with E-state index in [9.17, 15) is 15.0 Å². The van der Waals surface area contributed by atoms with Gasteiger partial charge < -0.3 is 25.2 Å². The molecular formula is C16H21ClN6O4. The molecule has 0 saturated carbocycles. The van der Waals surface area contributed by atoms with Crippen molar-refractivity contribution in [3.05, 3.63) is 11.6 Å². The van der Waals surface area contributed by atoms with Crippen molar-refractivity contribution < 1.29 is 19.7 Å². The van der Waals surface area contributed by atoms with E-state index in [1.54, 1.807) is 16.4 Å². The van der Waals surface area contributed by atoms with Crippen LogP contribution in [0.25, 0.3) is 11.2 Å². The number of halogens is 1. The molecule has 11 heteroatoms. The number of rotatable bonds is 4. The smallest absolute Gasteiger partial charge is 0.226 e. The third-order valence-corrected chi connectivity index (χ3v) is 5.18. The number of carbonyl (C=O) groups excluding carboxylic acids is 1. The Labute approximate surface area is 160 Å². The van der Waals surface area contributed by atoms with Gasteiger partial charge in [0.2, 0.25) is 11.2 Å². The monoisotopic (exact) mass is 396 g/mol. The molecule has 2 aromatic heterocycles. The number of hydrogen-bond donors (Lipinski definition) is 3. The quantitative estimate of drug-likeness (QED) is 0.624. The second kappa shape index (κ2) is 7.19. The minimum atomic E-state index is -0.788. The number of hydrogen-bond acceptors (Lipinski definition) is 8. The first-order valence-corrected chi connectivity index (χ1v) is 9.20. The number of nitrogens with zero attached hydrogens (tertiary/aromatic N) is 5. The Morgan fingerprint density at radius 1 is 1.48 bits per heavy atom. The number of ether oxygens (including phenoxy) is 1. The highest BCUT2D eigenvalue weighted by atomic mass is 35.5. The van der Waals surface area contributed by atoms with E-state index in [-0.39, 0.29) is 23.8 Å². The Kier molecular flexibility index (Phi) is 4.89. The average Bonchev–Trinajstić information content (AvgIpc) is 3.33. The summed E-state index contributed by atoms with van der Waals surface area (Å²) >= 11 is 6.11. The zero-order valence-electron chi connectivity index (χ0n) is 14.7. The third kappa shape index (κ3) is 3.45.